The molecule has 0 atom stereocenters. The molecule has 0 unspecified atom stereocenters. The van der Waals surface area contributed by atoms with E-state index in [1.165, 1.54) is 27.7 Å². The number of hydrogen-bond donors (Lipinski definition) is 2. The average molecular weight is 550 g/mol. The maximum Gasteiger partial charge on any atom is 0.394 e. The van der Waals surface area contributed by atoms with Crippen LogP contribution in [0.25, 0.3) is 27.6 Å². The number of thioether (sulfide) groups is 1. The van der Waals surface area contributed by atoms with Gasteiger partial charge in [-0.1, -0.05) is 59.5 Å². The number of carboxylic acids is 1. The van der Waals surface area contributed by atoms with Crippen LogP contribution in [0.4, 0.5) is 5.69 Å². The standard InChI is InChI=1S/C23H17ClN2O6S3/c24-19-11-18-23(32-19)26(13-22(27)28)21(34-18)12-20-25(8-9-35(29,30)31)16-10-15(6-7-17(16)33-20)14-4-2-1-3-5-14/h1-7,10-12H,8-9,13H2,(H-,27,28,29,30,31)/p+1. The molecule has 2 aromatic carbocycles. The van der Waals surface area contributed by atoms with Crippen LogP contribution in [0.1, 0.15) is 5.01 Å². The molecule has 180 valence electrons. The molecule has 12 heteroatoms. The summed E-state index contributed by atoms with van der Waals surface area (Å²) in [7, 11) is -4.20. The molecule has 35 heavy (non-hydrogen) atoms. The van der Waals surface area contributed by atoms with Gasteiger partial charge in [-0.15, -0.1) is 4.57 Å². The van der Waals surface area contributed by atoms with E-state index in [9.17, 15) is 22.9 Å². The molecular formula is C23H18ClN2O6S3+. The topological polar surface area (TPSA) is 112 Å². The maximum atomic E-state index is 11.6. The Balaban J connectivity index is 1.59. The second-order valence-corrected chi connectivity index (χ2v) is 11.8. The lowest BCUT2D eigenvalue weighted by Gasteiger charge is -2.20. The molecule has 5 rings (SSSR count). The smallest absolute Gasteiger partial charge is 0.394 e. The van der Waals surface area contributed by atoms with E-state index in [1.54, 1.807) is 12.1 Å². The lowest BCUT2D eigenvalue weighted by molar-refractivity contribution is -0.663. The SMILES string of the molecule is O=C(O)C[n+]1c(C=C2Sc3ccc(-c4ccccc4)cc3N2CCS(=O)(=O)O)sc2cc(Cl)oc21. The van der Waals surface area contributed by atoms with E-state index in [-0.39, 0.29) is 18.3 Å². The predicted molar refractivity (Wildman–Crippen MR) is 136 cm³/mol. The van der Waals surface area contributed by atoms with Gasteiger partial charge in [-0.25, -0.2) is 4.79 Å². The Labute approximate surface area is 213 Å². The van der Waals surface area contributed by atoms with Gasteiger partial charge in [-0.3, -0.25) is 4.55 Å². The van der Waals surface area contributed by atoms with Crippen LogP contribution in [-0.2, 0) is 21.5 Å². The van der Waals surface area contributed by atoms with Gasteiger partial charge in [0.2, 0.25) is 11.8 Å². The third kappa shape index (κ3) is 5.09. The number of carboxylic acid groups (broad SMARTS) is 1. The molecule has 1 aliphatic rings. The van der Waals surface area contributed by atoms with Crippen molar-refractivity contribution in [2.45, 2.75) is 11.4 Å². The van der Waals surface area contributed by atoms with Crippen LogP contribution >= 0.6 is 34.7 Å². The van der Waals surface area contributed by atoms with Gasteiger partial charge in [0, 0.05) is 17.5 Å². The molecule has 0 saturated heterocycles. The normalized spacial score (nSPS) is 14.7. The lowest BCUT2D eigenvalue weighted by atomic mass is 10.0. The second-order valence-electron chi connectivity index (χ2n) is 7.71. The third-order valence-corrected chi connectivity index (χ3v) is 8.38. The Morgan fingerprint density at radius 3 is 2.63 bits per heavy atom. The van der Waals surface area contributed by atoms with Crippen molar-refractivity contribution in [3.8, 4) is 11.1 Å². The summed E-state index contributed by atoms with van der Waals surface area (Å²) >= 11 is 8.71. The maximum absolute atomic E-state index is 11.6. The molecule has 3 heterocycles. The number of benzene rings is 2. The molecule has 0 saturated carbocycles. The molecule has 2 N–H and O–H groups in total. The summed E-state index contributed by atoms with van der Waals surface area (Å²) in [6.07, 6.45) is 1.80. The van der Waals surface area contributed by atoms with Crippen LogP contribution in [-0.4, -0.2) is 36.3 Å². The Bertz CT molecular complexity index is 1580. The van der Waals surface area contributed by atoms with Gasteiger partial charge in [-0.2, -0.15) is 8.42 Å². The number of hydrogen-bond acceptors (Lipinski definition) is 7. The van der Waals surface area contributed by atoms with Crippen LogP contribution < -0.4 is 9.47 Å². The minimum absolute atomic E-state index is 0.0230. The summed E-state index contributed by atoms with van der Waals surface area (Å²) in [5.41, 5.74) is 3.14. The number of thiazole rings is 1. The van der Waals surface area contributed by atoms with Gasteiger partial charge < -0.3 is 14.4 Å². The number of furan rings is 1. The van der Waals surface area contributed by atoms with Crippen LogP contribution in [0.2, 0.25) is 5.22 Å². The Morgan fingerprint density at radius 2 is 1.91 bits per heavy atom. The number of anilines is 1. The summed E-state index contributed by atoms with van der Waals surface area (Å²) in [6, 6.07) is 17.4. The fraction of sp³-hybridized carbons (Fsp3) is 0.130. The van der Waals surface area contributed by atoms with Crippen LogP contribution in [0.15, 0.2) is 68.9 Å². The second kappa shape index (κ2) is 9.32. The zero-order chi connectivity index (χ0) is 24.7. The van der Waals surface area contributed by atoms with Crippen molar-refractivity contribution in [3.05, 3.63) is 69.9 Å². The van der Waals surface area contributed by atoms with E-state index >= 15 is 0 Å². The Kier molecular flexibility index (Phi) is 6.36. The quantitative estimate of drug-likeness (QED) is 0.245. The van der Waals surface area contributed by atoms with Crippen LogP contribution in [0, 0.1) is 0 Å². The molecule has 0 fully saturated rings. The van der Waals surface area contributed by atoms with Gasteiger partial charge in [-0.05, 0) is 34.9 Å². The number of halogens is 1. The first kappa shape index (κ1) is 23.9. The summed E-state index contributed by atoms with van der Waals surface area (Å²) in [6.45, 7) is -0.307. The molecule has 0 aliphatic carbocycles. The van der Waals surface area contributed by atoms with E-state index < -0.39 is 21.8 Å². The molecule has 0 spiro atoms. The van der Waals surface area contributed by atoms with Crippen LogP contribution in [0.5, 0.6) is 0 Å². The van der Waals surface area contributed by atoms with Gasteiger partial charge >= 0.3 is 11.7 Å². The molecule has 0 radical (unpaired) electrons. The van der Waals surface area contributed by atoms with Gasteiger partial charge in [0.1, 0.15) is 0 Å². The number of rotatable bonds is 7. The summed E-state index contributed by atoms with van der Waals surface area (Å²) in [4.78, 5) is 14.2. The van der Waals surface area contributed by atoms with Crippen molar-refractivity contribution in [3.63, 3.8) is 0 Å². The van der Waals surface area contributed by atoms with Crippen molar-refractivity contribution < 1.29 is 31.9 Å². The molecule has 1 aliphatic heterocycles. The van der Waals surface area contributed by atoms with Crippen molar-refractivity contribution in [2.75, 3.05) is 17.2 Å². The molecule has 8 nitrogen and oxygen atoms in total. The van der Waals surface area contributed by atoms with Crippen molar-refractivity contribution in [2.24, 2.45) is 0 Å². The highest BCUT2D eigenvalue weighted by Gasteiger charge is 2.31. The zero-order valence-corrected chi connectivity index (χ0v) is 21.1. The number of nitrogens with zero attached hydrogens (tertiary/aromatic N) is 2. The van der Waals surface area contributed by atoms with Crippen molar-refractivity contribution in [1.29, 1.82) is 0 Å². The van der Waals surface area contributed by atoms with E-state index in [2.05, 4.69) is 0 Å². The van der Waals surface area contributed by atoms with E-state index in [1.807, 2.05) is 53.4 Å². The monoisotopic (exact) mass is 549 g/mol. The summed E-state index contributed by atoms with van der Waals surface area (Å²) in [5, 5.41) is 10.9. The summed E-state index contributed by atoms with van der Waals surface area (Å²) < 4.78 is 40.2. The lowest BCUT2D eigenvalue weighted by Crippen LogP contribution is -2.39. The number of aliphatic carboxylic acids is 1. The fourth-order valence-corrected chi connectivity index (χ4v) is 6.72. The molecule has 0 bridgehead atoms. The van der Waals surface area contributed by atoms with Gasteiger partial charge in [0.15, 0.2) is 4.70 Å². The zero-order valence-electron chi connectivity index (χ0n) is 17.9. The third-order valence-electron chi connectivity index (χ3n) is 5.33. The first-order chi connectivity index (χ1) is 16.7. The first-order valence-electron chi connectivity index (χ1n) is 10.3. The molecule has 2 aromatic heterocycles. The summed E-state index contributed by atoms with van der Waals surface area (Å²) in [5.74, 6) is -1.50. The van der Waals surface area contributed by atoms with E-state index in [0.29, 0.717) is 20.5 Å². The molecule has 4 aromatic rings. The highest BCUT2D eigenvalue weighted by Crippen LogP contribution is 2.48. The minimum atomic E-state index is -4.20. The minimum Gasteiger partial charge on any atom is -0.477 e. The molecular weight excluding hydrogens is 532 g/mol. The largest absolute Gasteiger partial charge is 0.477 e. The number of aromatic nitrogens is 1. The predicted octanol–water partition coefficient (Wildman–Crippen LogP) is 4.99. The highest BCUT2D eigenvalue weighted by molar-refractivity contribution is 8.04. The van der Waals surface area contributed by atoms with Gasteiger partial charge in [0.25, 0.3) is 15.1 Å². The highest BCUT2D eigenvalue weighted by atomic mass is 35.5. The first-order valence-corrected chi connectivity index (χ1v) is 14.0. The van der Waals surface area contributed by atoms with E-state index in [0.717, 1.165) is 21.7 Å². The Hall–Kier alpha value is -2.83. The van der Waals surface area contributed by atoms with Crippen molar-refractivity contribution >= 4 is 73.0 Å². The number of carbonyl (C=O) groups is 1. The van der Waals surface area contributed by atoms with Crippen LogP contribution in [0.3, 0.4) is 0 Å². The van der Waals surface area contributed by atoms with Crippen molar-refractivity contribution in [1.82, 2.24) is 0 Å². The fourth-order valence-electron chi connectivity index (χ4n) is 3.82. The van der Waals surface area contributed by atoms with E-state index in [4.69, 9.17) is 16.0 Å². The molecule has 0 amide bonds. The number of fused-ring (bicyclic) bond motifs is 2. The van der Waals surface area contributed by atoms with Gasteiger partial charge in [0.05, 0.1) is 22.5 Å². The Morgan fingerprint density at radius 1 is 1.14 bits per heavy atom. The average Bonchev–Trinajstić information content (AvgIpc) is 3.43.